The van der Waals surface area contributed by atoms with E-state index in [2.05, 4.69) is 5.32 Å². The lowest BCUT2D eigenvalue weighted by Crippen LogP contribution is -2.53. The lowest BCUT2D eigenvalue weighted by atomic mass is 9.69. The van der Waals surface area contributed by atoms with E-state index in [1.807, 2.05) is 0 Å². The molecule has 1 fully saturated rings. The third-order valence-corrected chi connectivity index (χ3v) is 8.59. The number of rotatable bonds is 7. The molecule has 2 aliphatic heterocycles. The highest BCUT2D eigenvalue weighted by atomic mass is 35.5. The standard InChI is InChI=1S/C30H31ClN2O10/c1-14-9-18(35)24(28(38)30(14)29(39)25-20(41-3)12-21(42-4)26(31)27(25)43-30)16(15-5-6-17(34)19(10-15)40-2)11-23(37)33-8-7-32-22(36)13-33/h5-6,10,12,14,16,34,38H,7-9,11,13H2,1-4H3,(H,32,36)/t14-,16?,30+/m1/s1. The summed E-state index contributed by atoms with van der Waals surface area (Å²) in [5.41, 5.74) is -1.92. The zero-order valence-electron chi connectivity index (χ0n) is 24.0. The lowest BCUT2D eigenvalue weighted by molar-refractivity contribution is -0.138. The van der Waals surface area contributed by atoms with Crippen LogP contribution in [0.4, 0.5) is 0 Å². The van der Waals surface area contributed by atoms with E-state index in [1.54, 1.807) is 6.92 Å². The van der Waals surface area contributed by atoms with Crippen LogP contribution in [0.1, 0.15) is 41.6 Å². The molecule has 3 N–H and O–H groups in total. The summed E-state index contributed by atoms with van der Waals surface area (Å²) in [5, 5.41) is 24.9. The summed E-state index contributed by atoms with van der Waals surface area (Å²) < 4.78 is 22.3. The zero-order valence-corrected chi connectivity index (χ0v) is 24.7. The average molecular weight is 615 g/mol. The first-order valence-corrected chi connectivity index (χ1v) is 13.9. The Hall–Kier alpha value is -4.45. The summed E-state index contributed by atoms with van der Waals surface area (Å²) >= 11 is 6.54. The topological polar surface area (TPSA) is 161 Å². The monoisotopic (exact) mass is 614 g/mol. The highest BCUT2D eigenvalue weighted by molar-refractivity contribution is 6.35. The average Bonchev–Trinajstić information content (AvgIpc) is 3.30. The molecule has 1 spiro atoms. The molecule has 13 heteroatoms. The smallest absolute Gasteiger partial charge is 0.239 e. The Morgan fingerprint density at radius 3 is 2.47 bits per heavy atom. The Morgan fingerprint density at radius 2 is 1.81 bits per heavy atom. The normalized spacial score (nSPS) is 22.2. The van der Waals surface area contributed by atoms with Crippen LogP contribution >= 0.6 is 11.6 Å². The molecule has 0 aromatic heterocycles. The summed E-state index contributed by atoms with van der Waals surface area (Å²) in [6.45, 7) is 1.96. The quantitative estimate of drug-likeness (QED) is 0.423. The number of nitrogens with one attached hydrogen (secondary N) is 1. The van der Waals surface area contributed by atoms with Gasteiger partial charge in [0.25, 0.3) is 0 Å². The molecule has 12 nitrogen and oxygen atoms in total. The Balaban J connectivity index is 1.68. The number of benzene rings is 2. The van der Waals surface area contributed by atoms with Crippen LogP contribution < -0.4 is 24.3 Å². The van der Waals surface area contributed by atoms with Gasteiger partial charge in [-0.05, 0) is 17.7 Å². The van der Waals surface area contributed by atoms with Crippen molar-refractivity contribution < 1.29 is 48.3 Å². The minimum atomic E-state index is -2.05. The van der Waals surface area contributed by atoms with Crippen LogP contribution in [-0.2, 0) is 14.4 Å². The second-order valence-electron chi connectivity index (χ2n) is 10.6. The van der Waals surface area contributed by atoms with Gasteiger partial charge in [0.1, 0.15) is 22.1 Å². The molecule has 1 saturated heterocycles. The third-order valence-electron chi connectivity index (χ3n) is 8.24. The number of ether oxygens (including phenoxy) is 4. The fourth-order valence-corrected chi connectivity index (χ4v) is 6.26. The number of piperazine rings is 1. The maximum Gasteiger partial charge on any atom is 0.239 e. The van der Waals surface area contributed by atoms with Gasteiger partial charge in [0, 0.05) is 49.4 Å². The molecular formula is C30H31ClN2O10. The Bertz CT molecular complexity index is 1570. The van der Waals surface area contributed by atoms with Crippen molar-refractivity contribution >= 4 is 35.0 Å². The molecule has 43 heavy (non-hydrogen) atoms. The number of halogens is 1. The maximum absolute atomic E-state index is 14.2. The number of amides is 2. The molecule has 0 radical (unpaired) electrons. The Morgan fingerprint density at radius 1 is 1.12 bits per heavy atom. The summed E-state index contributed by atoms with van der Waals surface area (Å²) in [6.07, 6.45) is -0.544. The van der Waals surface area contributed by atoms with Crippen LogP contribution in [0, 0.1) is 5.92 Å². The minimum absolute atomic E-state index is 0.0136. The molecule has 1 unspecified atom stereocenters. The summed E-state index contributed by atoms with van der Waals surface area (Å²) in [4.78, 5) is 54.8. The molecule has 2 aromatic carbocycles. The predicted molar refractivity (Wildman–Crippen MR) is 152 cm³/mol. The van der Waals surface area contributed by atoms with Crippen LogP contribution in [0.2, 0.25) is 5.02 Å². The first kappa shape index (κ1) is 30.0. The zero-order chi connectivity index (χ0) is 31.2. The number of hydrogen-bond acceptors (Lipinski definition) is 10. The van der Waals surface area contributed by atoms with Crippen LogP contribution in [-0.4, -0.2) is 85.1 Å². The first-order valence-electron chi connectivity index (χ1n) is 13.5. The predicted octanol–water partition coefficient (Wildman–Crippen LogP) is 2.94. The fourth-order valence-electron chi connectivity index (χ4n) is 5.99. The maximum atomic E-state index is 14.2. The van der Waals surface area contributed by atoms with E-state index in [0.717, 1.165) is 0 Å². The van der Waals surface area contributed by atoms with Crippen molar-refractivity contribution in [3.63, 3.8) is 0 Å². The van der Waals surface area contributed by atoms with Crippen LogP contribution in [0.5, 0.6) is 28.7 Å². The number of nitrogens with zero attached hydrogens (tertiary/aromatic N) is 1. The molecule has 0 saturated carbocycles. The van der Waals surface area contributed by atoms with Gasteiger partial charge in [0.2, 0.25) is 23.2 Å². The first-order chi connectivity index (χ1) is 20.5. The number of Topliss-reactive ketones (excluding diaryl/α,β-unsaturated/α-hetero) is 2. The largest absolute Gasteiger partial charge is 0.507 e. The minimum Gasteiger partial charge on any atom is -0.507 e. The van der Waals surface area contributed by atoms with Crippen molar-refractivity contribution in [1.29, 1.82) is 0 Å². The number of aliphatic hydroxyl groups excluding tert-OH is 1. The van der Waals surface area contributed by atoms with Gasteiger partial charge in [0.15, 0.2) is 28.8 Å². The number of allylic oxidation sites excluding steroid dienone is 1. The number of fused-ring (bicyclic) bond motifs is 1. The van der Waals surface area contributed by atoms with E-state index in [1.165, 1.54) is 50.5 Å². The summed E-state index contributed by atoms with van der Waals surface area (Å²) in [7, 11) is 4.09. The van der Waals surface area contributed by atoms with Gasteiger partial charge in [-0.2, -0.15) is 0 Å². The number of hydrogen-bond donors (Lipinski definition) is 3. The van der Waals surface area contributed by atoms with E-state index < -0.39 is 40.7 Å². The van der Waals surface area contributed by atoms with Crippen LogP contribution in [0.25, 0.3) is 0 Å². The van der Waals surface area contributed by atoms with Gasteiger partial charge in [-0.15, -0.1) is 0 Å². The highest BCUT2D eigenvalue weighted by Gasteiger charge is 2.61. The van der Waals surface area contributed by atoms with Crippen molar-refractivity contribution in [1.82, 2.24) is 10.2 Å². The fraction of sp³-hybridized carbons (Fsp3) is 0.400. The molecule has 2 aromatic rings. The van der Waals surface area contributed by atoms with Crippen molar-refractivity contribution in [2.24, 2.45) is 5.92 Å². The van der Waals surface area contributed by atoms with E-state index in [-0.39, 0.29) is 83.3 Å². The van der Waals surface area contributed by atoms with Crippen LogP contribution in [0.3, 0.4) is 0 Å². The molecule has 3 aliphatic rings. The van der Waals surface area contributed by atoms with E-state index in [4.69, 9.17) is 30.5 Å². The SMILES string of the molecule is COc1cc(C(CC(=O)N2CCNC(=O)C2)C2=C(O)[C@@]3(Oc4c(Cl)c(OC)cc(OC)c4C3=O)[C@H](C)CC2=O)ccc1O. The van der Waals surface area contributed by atoms with Crippen molar-refractivity contribution in [3.8, 4) is 28.7 Å². The Kier molecular flexibility index (Phi) is 7.91. The molecule has 3 atom stereocenters. The summed E-state index contributed by atoms with van der Waals surface area (Å²) in [5.74, 6) is -4.43. The van der Waals surface area contributed by atoms with E-state index >= 15 is 0 Å². The molecule has 2 heterocycles. The molecule has 5 rings (SSSR count). The van der Waals surface area contributed by atoms with Crippen molar-refractivity contribution in [3.05, 3.63) is 51.7 Å². The molecule has 2 amide bonds. The summed E-state index contributed by atoms with van der Waals surface area (Å²) in [6, 6.07) is 5.72. The number of phenolic OH excluding ortho intramolecular Hbond substituents is 1. The number of carbonyl (C=O) groups excluding carboxylic acids is 4. The van der Waals surface area contributed by atoms with E-state index in [0.29, 0.717) is 5.56 Å². The van der Waals surface area contributed by atoms with Gasteiger partial charge in [-0.25, -0.2) is 0 Å². The lowest BCUT2D eigenvalue weighted by Gasteiger charge is -2.39. The second-order valence-corrected chi connectivity index (χ2v) is 11.0. The third kappa shape index (κ3) is 4.79. The van der Waals surface area contributed by atoms with E-state index in [9.17, 15) is 29.4 Å². The Labute approximate surface area is 252 Å². The number of ketones is 2. The number of phenols is 1. The molecular weight excluding hydrogens is 584 g/mol. The second kappa shape index (κ2) is 11.3. The number of carbonyl (C=O) groups is 4. The number of aromatic hydroxyl groups is 1. The highest BCUT2D eigenvalue weighted by Crippen LogP contribution is 2.56. The van der Waals surface area contributed by atoms with Crippen molar-refractivity contribution in [2.75, 3.05) is 41.0 Å². The van der Waals surface area contributed by atoms with Gasteiger partial charge in [0.05, 0.1) is 27.9 Å². The van der Waals surface area contributed by atoms with Gasteiger partial charge >= 0.3 is 0 Å². The molecule has 228 valence electrons. The van der Waals surface area contributed by atoms with Gasteiger partial charge in [-0.1, -0.05) is 24.6 Å². The number of aliphatic hydroxyl groups is 1. The van der Waals surface area contributed by atoms with Crippen molar-refractivity contribution in [2.45, 2.75) is 31.3 Å². The van der Waals surface area contributed by atoms with Gasteiger partial charge in [-0.3, -0.25) is 19.2 Å². The van der Waals surface area contributed by atoms with Gasteiger partial charge < -0.3 is 39.4 Å². The van der Waals surface area contributed by atoms with Crippen LogP contribution in [0.15, 0.2) is 35.6 Å². The molecule has 1 aliphatic carbocycles. The molecule has 0 bridgehead atoms. The number of methoxy groups -OCH3 is 3.